The molecule has 0 saturated heterocycles. The summed E-state index contributed by atoms with van der Waals surface area (Å²) < 4.78 is 10.1. The molecular formula is C12H8N2O3S2. The maximum Gasteiger partial charge on any atom is 0.339 e. The Bertz CT molecular complexity index is 659. The van der Waals surface area contributed by atoms with Crippen LogP contribution < -0.4 is 0 Å². The van der Waals surface area contributed by atoms with Crippen LogP contribution >= 0.6 is 22.7 Å². The van der Waals surface area contributed by atoms with E-state index >= 15 is 0 Å². The van der Waals surface area contributed by atoms with Gasteiger partial charge in [-0.15, -0.1) is 11.3 Å². The number of carbonyl (C=O) groups excluding carboxylic acids is 1. The summed E-state index contributed by atoms with van der Waals surface area (Å²) in [5.41, 5.74) is 0.531. The molecule has 3 aromatic heterocycles. The maximum atomic E-state index is 11.6. The van der Waals surface area contributed by atoms with Gasteiger partial charge in [0.1, 0.15) is 0 Å². The van der Waals surface area contributed by atoms with Gasteiger partial charge in [-0.25, -0.2) is 4.79 Å². The summed E-state index contributed by atoms with van der Waals surface area (Å²) in [5, 5.41) is 9.31. The topological polar surface area (TPSA) is 65.2 Å². The highest BCUT2D eigenvalue weighted by molar-refractivity contribution is 7.13. The Balaban J connectivity index is 1.63. The second-order valence-corrected chi connectivity index (χ2v) is 5.30. The number of hydrogen-bond acceptors (Lipinski definition) is 7. The summed E-state index contributed by atoms with van der Waals surface area (Å²) in [5.74, 6) is 0.403. The third kappa shape index (κ3) is 2.72. The minimum Gasteiger partial charge on any atom is -0.452 e. The van der Waals surface area contributed by atoms with Crippen LogP contribution in [-0.2, 0) is 11.3 Å². The number of aromatic nitrogens is 2. The summed E-state index contributed by atoms with van der Waals surface area (Å²) >= 11 is 2.96. The number of hydrogen-bond donors (Lipinski definition) is 0. The van der Waals surface area contributed by atoms with Gasteiger partial charge < -0.3 is 9.26 Å². The van der Waals surface area contributed by atoms with Gasteiger partial charge >= 0.3 is 5.97 Å². The summed E-state index contributed by atoms with van der Waals surface area (Å²) in [4.78, 5) is 16.7. The molecule has 7 heteroatoms. The van der Waals surface area contributed by atoms with Crippen LogP contribution in [0.4, 0.5) is 0 Å². The van der Waals surface area contributed by atoms with Crippen LogP contribution in [0.2, 0.25) is 0 Å². The van der Waals surface area contributed by atoms with E-state index in [4.69, 9.17) is 9.26 Å². The van der Waals surface area contributed by atoms with Crippen molar-refractivity contribution in [3.63, 3.8) is 0 Å². The molecule has 3 aromatic rings. The van der Waals surface area contributed by atoms with Crippen molar-refractivity contribution < 1.29 is 14.1 Å². The molecule has 5 nitrogen and oxygen atoms in total. The molecule has 0 aromatic carbocycles. The Labute approximate surface area is 116 Å². The SMILES string of the molecule is O=C(OCc1nc(-c2cccs2)no1)c1ccsc1. The van der Waals surface area contributed by atoms with Crippen LogP contribution in [0.1, 0.15) is 16.2 Å². The molecule has 0 bridgehead atoms. The highest BCUT2D eigenvalue weighted by Gasteiger charge is 2.12. The molecule has 0 spiro atoms. The van der Waals surface area contributed by atoms with Crippen molar-refractivity contribution in [2.45, 2.75) is 6.61 Å². The van der Waals surface area contributed by atoms with Gasteiger partial charge in [-0.1, -0.05) is 11.2 Å². The quantitative estimate of drug-likeness (QED) is 0.691. The first kappa shape index (κ1) is 12.1. The number of esters is 1. The van der Waals surface area contributed by atoms with Gasteiger partial charge in [0, 0.05) is 5.38 Å². The zero-order valence-electron chi connectivity index (χ0n) is 9.61. The third-order valence-electron chi connectivity index (χ3n) is 2.29. The van der Waals surface area contributed by atoms with E-state index in [0.29, 0.717) is 11.4 Å². The average Bonchev–Trinajstić information content (AvgIpc) is 3.14. The predicted octanol–water partition coefficient (Wildman–Crippen LogP) is 3.22. The molecule has 3 heterocycles. The fourth-order valence-corrected chi connectivity index (χ4v) is 2.68. The van der Waals surface area contributed by atoms with Crippen LogP contribution in [0.15, 0.2) is 38.9 Å². The van der Waals surface area contributed by atoms with E-state index in [1.165, 1.54) is 22.7 Å². The van der Waals surface area contributed by atoms with Gasteiger partial charge in [0.15, 0.2) is 6.61 Å². The lowest BCUT2D eigenvalue weighted by atomic mass is 10.3. The lowest BCUT2D eigenvalue weighted by Crippen LogP contribution is -2.03. The molecule has 0 unspecified atom stereocenters. The molecule has 0 N–H and O–H groups in total. The van der Waals surface area contributed by atoms with E-state index in [1.54, 1.807) is 11.4 Å². The molecule has 19 heavy (non-hydrogen) atoms. The number of carbonyl (C=O) groups is 1. The second-order valence-electron chi connectivity index (χ2n) is 3.58. The van der Waals surface area contributed by atoms with E-state index in [-0.39, 0.29) is 12.5 Å². The number of ether oxygens (including phenoxy) is 1. The second kappa shape index (κ2) is 5.33. The monoisotopic (exact) mass is 292 g/mol. The zero-order valence-corrected chi connectivity index (χ0v) is 11.2. The predicted molar refractivity (Wildman–Crippen MR) is 71.0 cm³/mol. The molecule has 0 amide bonds. The average molecular weight is 292 g/mol. The molecule has 0 saturated carbocycles. The lowest BCUT2D eigenvalue weighted by molar-refractivity contribution is 0.0430. The maximum absolute atomic E-state index is 11.6. The first-order chi connectivity index (χ1) is 9.33. The van der Waals surface area contributed by atoms with E-state index in [1.807, 2.05) is 22.9 Å². The minimum atomic E-state index is -0.392. The van der Waals surface area contributed by atoms with Crippen LogP contribution in [0, 0.1) is 0 Å². The van der Waals surface area contributed by atoms with Crippen molar-refractivity contribution in [1.29, 1.82) is 0 Å². The van der Waals surface area contributed by atoms with Crippen molar-refractivity contribution >= 4 is 28.6 Å². The third-order valence-corrected chi connectivity index (χ3v) is 3.84. The van der Waals surface area contributed by atoms with Crippen LogP contribution in [-0.4, -0.2) is 16.1 Å². The molecule has 0 aliphatic heterocycles. The Hall–Kier alpha value is -1.99. The standard InChI is InChI=1S/C12H8N2O3S2/c15-12(8-3-5-18-7-8)16-6-10-13-11(14-17-10)9-2-1-4-19-9/h1-5,7H,6H2. The highest BCUT2D eigenvalue weighted by Crippen LogP contribution is 2.21. The first-order valence-corrected chi connectivity index (χ1v) is 7.21. The fourth-order valence-electron chi connectivity index (χ4n) is 1.41. The molecule has 0 radical (unpaired) electrons. The molecule has 3 rings (SSSR count). The summed E-state index contributed by atoms with van der Waals surface area (Å²) in [6, 6.07) is 5.52. The Kier molecular flexibility index (Phi) is 3.39. The van der Waals surface area contributed by atoms with Crippen molar-refractivity contribution in [2.24, 2.45) is 0 Å². The largest absolute Gasteiger partial charge is 0.452 e. The van der Waals surface area contributed by atoms with Crippen LogP contribution in [0.3, 0.4) is 0 Å². The van der Waals surface area contributed by atoms with Gasteiger partial charge in [0.25, 0.3) is 5.89 Å². The number of thiophene rings is 2. The van der Waals surface area contributed by atoms with E-state index in [9.17, 15) is 4.79 Å². The van der Waals surface area contributed by atoms with Gasteiger partial charge in [-0.3, -0.25) is 0 Å². The molecule has 0 fully saturated rings. The summed E-state index contributed by atoms with van der Waals surface area (Å²) in [6.07, 6.45) is 0. The summed E-state index contributed by atoms with van der Waals surface area (Å²) in [6.45, 7) is -0.0208. The smallest absolute Gasteiger partial charge is 0.339 e. The molecule has 96 valence electrons. The Morgan fingerprint density at radius 1 is 1.37 bits per heavy atom. The fraction of sp³-hybridized carbons (Fsp3) is 0.0833. The minimum absolute atomic E-state index is 0.0208. The van der Waals surface area contributed by atoms with Crippen molar-refractivity contribution in [1.82, 2.24) is 10.1 Å². The van der Waals surface area contributed by atoms with Crippen LogP contribution in [0.25, 0.3) is 10.7 Å². The van der Waals surface area contributed by atoms with Gasteiger partial charge in [0.2, 0.25) is 5.82 Å². The highest BCUT2D eigenvalue weighted by atomic mass is 32.1. The number of rotatable bonds is 4. The first-order valence-electron chi connectivity index (χ1n) is 5.39. The molecule has 0 aliphatic rings. The molecule has 0 aliphatic carbocycles. The lowest BCUT2D eigenvalue weighted by Gasteiger charge is -1.98. The molecule has 0 atom stereocenters. The van der Waals surface area contributed by atoms with Crippen molar-refractivity contribution in [3.05, 3.63) is 45.8 Å². The van der Waals surface area contributed by atoms with Gasteiger partial charge in [-0.05, 0) is 22.9 Å². The van der Waals surface area contributed by atoms with Gasteiger partial charge in [0.05, 0.1) is 10.4 Å². The van der Waals surface area contributed by atoms with E-state index in [0.717, 1.165) is 4.88 Å². The van der Waals surface area contributed by atoms with Crippen LogP contribution in [0.5, 0.6) is 0 Å². The van der Waals surface area contributed by atoms with E-state index < -0.39 is 5.97 Å². The number of nitrogens with zero attached hydrogens (tertiary/aromatic N) is 2. The summed E-state index contributed by atoms with van der Waals surface area (Å²) in [7, 11) is 0. The van der Waals surface area contributed by atoms with E-state index in [2.05, 4.69) is 10.1 Å². The molecular weight excluding hydrogens is 284 g/mol. The zero-order chi connectivity index (χ0) is 13.1. The van der Waals surface area contributed by atoms with Crippen molar-refractivity contribution in [3.8, 4) is 10.7 Å². The van der Waals surface area contributed by atoms with Gasteiger partial charge in [-0.2, -0.15) is 16.3 Å². The Morgan fingerprint density at radius 3 is 3.05 bits per heavy atom. The van der Waals surface area contributed by atoms with Crippen molar-refractivity contribution in [2.75, 3.05) is 0 Å². The normalized spacial score (nSPS) is 10.5. The Morgan fingerprint density at radius 2 is 2.32 bits per heavy atom.